The van der Waals surface area contributed by atoms with E-state index >= 15 is 0 Å². The van der Waals surface area contributed by atoms with Gasteiger partial charge < -0.3 is 15.2 Å². The summed E-state index contributed by atoms with van der Waals surface area (Å²) in [5.41, 5.74) is 1.28. The van der Waals surface area contributed by atoms with Crippen molar-refractivity contribution in [1.29, 1.82) is 0 Å². The molecule has 0 fully saturated rings. The zero-order valence-electron chi connectivity index (χ0n) is 11.9. The second kappa shape index (κ2) is 5.97. The standard InChI is InChI=1S/C15H15NO4S/c1-8-6-13(21-9(8)2)14(17)16-12-5-4-10(20-3)7-11(12)15(18)19/h4-7H,1-3H3,(H,16,17)(H,18,19). The first kappa shape index (κ1) is 15.1. The van der Waals surface area contributed by atoms with Gasteiger partial charge in [-0.25, -0.2) is 4.79 Å². The molecule has 2 aromatic rings. The number of thiophene rings is 1. The zero-order valence-corrected chi connectivity index (χ0v) is 12.7. The van der Waals surface area contributed by atoms with Crippen LogP contribution in [0.3, 0.4) is 0 Å². The number of hydrogen-bond donors (Lipinski definition) is 2. The van der Waals surface area contributed by atoms with Gasteiger partial charge in [0, 0.05) is 4.88 Å². The predicted molar refractivity (Wildman–Crippen MR) is 81.7 cm³/mol. The summed E-state index contributed by atoms with van der Waals surface area (Å²) in [6, 6.07) is 6.29. The number of amides is 1. The summed E-state index contributed by atoms with van der Waals surface area (Å²) >= 11 is 1.38. The summed E-state index contributed by atoms with van der Waals surface area (Å²) in [6.45, 7) is 3.87. The summed E-state index contributed by atoms with van der Waals surface area (Å²) in [5, 5.41) is 11.8. The molecule has 0 saturated carbocycles. The number of aryl methyl sites for hydroxylation is 2. The van der Waals surface area contributed by atoms with E-state index < -0.39 is 5.97 Å². The van der Waals surface area contributed by atoms with Gasteiger partial charge >= 0.3 is 5.97 Å². The summed E-state index contributed by atoms with van der Waals surface area (Å²) in [7, 11) is 1.45. The average molecular weight is 305 g/mol. The smallest absolute Gasteiger partial charge is 0.337 e. The maximum Gasteiger partial charge on any atom is 0.337 e. The van der Waals surface area contributed by atoms with Crippen LogP contribution < -0.4 is 10.1 Å². The molecule has 0 bridgehead atoms. The monoisotopic (exact) mass is 305 g/mol. The Morgan fingerprint density at radius 1 is 1.24 bits per heavy atom. The Kier molecular flexibility index (Phi) is 4.28. The number of nitrogens with one attached hydrogen (secondary N) is 1. The van der Waals surface area contributed by atoms with Crippen LogP contribution in [-0.4, -0.2) is 24.1 Å². The third kappa shape index (κ3) is 3.22. The molecule has 0 spiro atoms. The minimum Gasteiger partial charge on any atom is -0.497 e. The minimum atomic E-state index is -1.12. The molecule has 21 heavy (non-hydrogen) atoms. The molecule has 1 aromatic carbocycles. The summed E-state index contributed by atoms with van der Waals surface area (Å²) in [4.78, 5) is 25.1. The lowest BCUT2D eigenvalue weighted by molar-refractivity contribution is 0.0697. The number of carbonyl (C=O) groups excluding carboxylic acids is 1. The molecule has 1 amide bonds. The molecule has 0 aliphatic rings. The van der Waals surface area contributed by atoms with E-state index in [1.165, 1.54) is 30.6 Å². The first-order valence-electron chi connectivity index (χ1n) is 6.22. The second-order valence-corrected chi connectivity index (χ2v) is 5.78. The summed E-state index contributed by atoms with van der Waals surface area (Å²) in [5.74, 6) is -1.01. The van der Waals surface area contributed by atoms with E-state index in [2.05, 4.69) is 5.32 Å². The van der Waals surface area contributed by atoms with E-state index in [4.69, 9.17) is 4.74 Å². The van der Waals surface area contributed by atoms with Crippen molar-refractivity contribution in [3.05, 3.63) is 45.1 Å². The number of hydrogen-bond acceptors (Lipinski definition) is 4. The molecule has 0 saturated heterocycles. The third-order valence-electron chi connectivity index (χ3n) is 3.10. The highest BCUT2D eigenvalue weighted by Gasteiger charge is 2.16. The molecule has 0 radical (unpaired) electrons. The topological polar surface area (TPSA) is 75.6 Å². The number of aromatic carboxylic acids is 1. The van der Waals surface area contributed by atoms with E-state index in [9.17, 15) is 14.7 Å². The SMILES string of the molecule is COc1ccc(NC(=O)c2cc(C)c(C)s2)c(C(=O)O)c1. The highest BCUT2D eigenvalue weighted by Crippen LogP contribution is 2.25. The number of methoxy groups -OCH3 is 1. The Bertz CT molecular complexity index is 686. The molecule has 0 atom stereocenters. The molecule has 2 rings (SSSR count). The number of rotatable bonds is 4. The molecule has 6 heteroatoms. The van der Waals surface area contributed by atoms with Crippen LogP contribution in [0.2, 0.25) is 0 Å². The van der Waals surface area contributed by atoms with Gasteiger partial charge in [-0.1, -0.05) is 0 Å². The molecule has 5 nitrogen and oxygen atoms in total. The molecule has 0 aliphatic heterocycles. The van der Waals surface area contributed by atoms with Gasteiger partial charge in [-0.15, -0.1) is 11.3 Å². The van der Waals surface area contributed by atoms with Gasteiger partial charge in [-0.05, 0) is 43.7 Å². The Hall–Kier alpha value is -2.34. The Morgan fingerprint density at radius 2 is 1.95 bits per heavy atom. The van der Waals surface area contributed by atoms with Crippen molar-refractivity contribution in [3.63, 3.8) is 0 Å². The van der Waals surface area contributed by atoms with Crippen LogP contribution in [0, 0.1) is 13.8 Å². The van der Waals surface area contributed by atoms with Crippen molar-refractivity contribution in [3.8, 4) is 5.75 Å². The van der Waals surface area contributed by atoms with Crippen molar-refractivity contribution in [2.75, 3.05) is 12.4 Å². The number of benzene rings is 1. The normalized spacial score (nSPS) is 10.2. The predicted octanol–water partition coefficient (Wildman–Crippen LogP) is 3.32. The molecule has 0 aliphatic carbocycles. The van der Waals surface area contributed by atoms with Crippen LogP contribution in [0.15, 0.2) is 24.3 Å². The molecule has 110 valence electrons. The second-order valence-electron chi connectivity index (χ2n) is 4.52. The van der Waals surface area contributed by atoms with Gasteiger partial charge in [-0.3, -0.25) is 4.79 Å². The van der Waals surface area contributed by atoms with Crippen molar-refractivity contribution >= 4 is 28.9 Å². The lowest BCUT2D eigenvalue weighted by Crippen LogP contribution is -2.13. The Balaban J connectivity index is 2.30. The van der Waals surface area contributed by atoms with E-state index in [1.54, 1.807) is 12.1 Å². The number of carbonyl (C=O) groups is 2. The van der Waals surface area contributed by atoms with Gasteiger partial charge in [-0.2, -0.15) is 0 Å². The first-order valence-corrected chi connectivity index (χ1v) is 7.03. The third-order valence-corrected chi connectivity index (χ3v) is 4.25. The van der Waals surface area contributed by atoms with Gasteiger partial charge in [0.25, 0.3) is 5.91 Å². The fraction of sp³-hybridized carbons (Fsp3) is 0.200. The number of carboxylic acids is 1. The van der Waals surface area contributed by atoms with E-state index in [0.29, 0.717) is 10.6 Å². The van der Waals surface area contributed by atoms with E-state index in [0.717, 1.165) is 10.4 Å². The quantitative estimate of drug-likeness (QED) is 0.908. The van der Waals surface area contributed by atoms with Crippen molar-refractivity contribution in [2.24, 2.45) is 0 Å². The van der Waals surface area contributed by atoms with E-state index in [-0.39, 0.29) is 17.2 Å². The molecule has 0 unspecified atom stereocenters. The van der Waals surface area contributed by atoms with Crippen molar-refractivity contribution < 1.29 is 19.4 Å². The zero-order chi connectivity index (χ0) is 15.6. The molecule has 1 heterocycles. The lowest BCUT2D eigenvalue weighted by atomic mass is 10.1. The fourth-order valence-corrected chi connectivity index (χ4v) is 2.73. The van der Waals surface area contributed by atoms with Crippen molar-refractivity contribution in [1.82, 2.24) is 0 Å². The summed E-state index contributed by atoms with van der Waals surface area (Å²) in [6.07, 6.45) is 0. The fourth-order valence-electron chi connectivity index (χ4n) is 1.81. The van der Waals surface area contributed by atoms with Crippen LogP contribution in [0.5, 0.6) is 5.75 Å². The van der Waals surface area contributed by atoms with Gasteiger partial charge in [0.05, 0.1) is 23.2 Å². The first-order chi connectivity index (χ1) is 9.92. The average Bonchev–Trinajstić information content (AvgIpc) is 2.79. The van der Waals surface area contributed by atoms with Crippen LogP contribution in [0.25, 0.3) is 0 Å². The van der Waals surface area contributed by atoms with Crippen LogP contribution in [-0.2, 0) is 0 Å². The maximum atomic E-state index is 12.2. The number of carboxylic acid groups (broad SMARTS) is 1. The van der Waals surface area contributed by atoms with Gasteiger partial charge in [0.1, 0.15) is 5.75 Å². The van der Waals surface area contributed by atoms with Crippen LogP contribution >= 0.6 is 11.3 Å². The van der Waals surface area contributed by atoms with Gasteiger partial charge in [0.2, 0.25) is 0 Å². The van der Waals surface area contributed by atoms with Crippen LogP contribution in [0.1, 0.15) is 30.5 Å². The number of ether oxygens (including phenoxy) is 1. The van der Waals surface area contributed by atoms with Crippen LogP contribution in [0.4, 0.5) is 5.69 Å². The molecule has 1 aromatic heterocycles. The van der Waals surface area contributed by atoms with Crippen molar-refractivity contribution in [2.45, 2.75) is 13.8 Å². The highest BCUT2D eigenvalue weighted by atomic mass is 32.1. The van der Waals surface area contributed by atoms with Gasteiger partial charge in [0.15, 0.2) is 0 Å². The molecular formula is C15H15NO4S. The lowest BCUT2D eigenvalue weighted by Gasteiger charge is -2.09. The molecular weight excluding hydrogens is 290 g/mol. The largest absolute Gasteiger partial charge is 0.497 e. The maximum absolute atomic E-state index is 12.2. The minimum absolute atomic E-state index is 0.00676. The molecule has 2 N–H and O–H groups in total. The van der Waals surface area contributed by atoms with E-state index in [1.807, 2.05) is 13.8 Å². The Morgan fingerprint density at radius 3 is 2.48 bits per heavy atom. The highest BCUT2D eigenvalue weighted by molar-refractivity contribution is 7.14. The summed E-state index contributed by atoms with van der Waals surface area (Å²) < 4.78 is 4.99. The Labute approximate surface area is 126 Å². The number of anilines is 1.